The third-order valence-corrected chi connectivity index (χ3v) is 5.56. The normalized spacial score (nSPS) is 20.8. The first-order valence-electron chi connectivity index (χ1n) is 8.05. The van der Waals surface area contributed by atoms with Gasteiger partial charge in [0, 0.05) is 31.8 Å². The smallest absolute Gasteiger partial charge is 0.407 e. The third kappa shape index (κ3) is 6.53. The minimum absolute atomic E-state index is 0.0447. The average molecular weight is 439 g/mol. The van der Waals surface area contributed by atoms with Crippen LogP contribution in [0, 0.1) is 5.92 Å². The Morgan fingerprint density at radius 3 is 2.63 bits per heavy atom. The van der Waals surface area contributed by atoms with Crippen LogP contribution >= 0.6 is 23.2 Å². The fourth-order valence-corrected chi connectivity index (χ4v) is 3.72. The Bertz CT molecular complexity index is 817. The maximum atomic E-state index is 11.8. The molecule has 0 radical (unpaired) electrons. The first-order chi connectivity index (χ1) is 12.6. The van der Waals surface area contributed by atoms with Crippen molar-refractivity contribution in [3.8, 4) is 0 Å². The number of amides is 2. The van der Waals surface area contributed by atoms with Crippen LogP contribution in [0.4, 0.5) is 4.79 Å². The lowest BCUT2D eigenvalue weighted by Gasteiger charge is -2.27. The van der Waals surface area contributed by atoms with E-state index >= 15 is 0 Å². The van der Waals surface area contributed by atoms with Gasteiger partial charge in [0.05, 0.1) is 22.8 Å². The van der Waals surface area contributed by atoms with E-state index in [0.717, 1.165) is 6.26 Å². The molecule has 2 amide bonds. The lowest BCUT2D eigenvalue weighted by atomic mass is 9.95. The van der Waals surface area contributed by atoms with Crippen molar-refractivity contribution >= 4 is 45.0 Å². The lowest BCUT2D eigenvalue weighted by Crippen LogP contribution is -2.41. The Balaban J connectivity index is 2.21. The van der Waals surface area contributed by atoms with Gasteiger partial charge in [0.15, 0.2) is 9.84 Å². The maximum Gasteiger partial charge on any atom is 0.407 e. The summed E-state index contributed by atoms with van der Waals surface area (Å²) >= 11 is 12.0. The second kappa shape index (κ2) is 9.09. The molecule has 1 aromatic carbocycles. The van der Waals surface area contributed by atoms with Gasteiger partial charge in [0.25, 0.3) is 0 Å². The summed E-state index contributed by atoms with van der Waals surface area (Å²) in [7, 11) is -3.46. The number of carbonyl (C=O) groups excluding carboxylic acids is 1. The van der Waals surface area contributed by atoms with E-state index in [2.05, 4.69) is 5.32 Å². The topological polar surface area (TPSA) is 113 Å². The first-order valence-corrected chi connectivity index (χ1v) is 10.9. The number of hydrogen-bond donors (Lipinski definition) is 2. The van der Waals surface area contributed by atoms with E-state index in [9.17, 15) is 23.1 Å². The van der Waals surface area contributed by atoms with Crippen molar-refractivity contribution in [2.75, 3.05) is 38.2 Å². The summed E-state index contributed by atoms with van der Waals surface area (Å²) < 4.78 is 28.3. The summed E-state index contributed by atoms with van der Waals surface area (Å²) in [5, 5.41) is 12.6. The SMILES string of the molecule is CS(=O)(=O)CC(=O)NC[C@@H]1CN(C(=O)O)CCO[C@H]1c1ccc(Cl)c(Cl)c1. The van der Waals surface area contributed by atoms with Gasteiger partial charge in [0.1, 0.15) is 5.75 Å². The summed E-state index contributed by atoms with van der Waals surface area (Å²) in [6.45, 7) is 0.508. The molecule has 150 valence electrons. The molecule has 1 aliphatic heterocycles. The second-order valence-corrected chi connectivity index (χ2v) is 9.28. The number of carboxylic acid groups (broad SMARTS) is 1. The molecule has 1 aliphatic rings. The van der Waals surface area contributed by atoms with E-state index in [0.29, 0.717) is 15.6 Å². The number of hydrogen-bond acceptors (Lipinski definition) is 5. The largest absolute Gasteiger partial charge is 0.465 e. The summed E-state index contributed by atoms with van der Waals surface area (Å²) in [6.07, 6.45) is -0.671. The Kier molecular flexibility index (Phi) is 7.32. The number of halogens is 2. The number of ether oxygens (including phenoxy) is 1. The fourth-order valence-electron chi connectivity index (χ4n) is 2.83. The zero-order valence-corrected chi connectivity index (χ0v) is 16.9. The van der Waals surface area contributed by atoms with E-state index in [1.807, 2.05) is 0 Å². The highest BCUT2D eigenvalue weighted by molar-refractivity contribution is 7.91. The molecule has 1 fully saturated rings. The quantitative estimate of drug-likeness (QED) is 0.724. The maximum absolute atomic E-state index is 11.8. The van der Waals surface area contributed by atoms with Crippen molar-refractivity contribution < 1.29 is 27.9 Å². The summed E-state index contributed by atoms with van der Waals surface area (Å²) in [4.78, 5) is 24.4. The van der Waals surface area contributed by atoms with Crippen LogP contribution in [0.5, 0.6) is 0 Å². The predicted octanol–water partition coefficient (Wildman–Crippen LogP) is 1.82. The van der Waals surface area contributed by atoms with E-state index in [1.54, 1.807) is 18.2 Å². The van der Waals surface area contributed by atoms with Crippen molar-refractivity contribution in [3.05, 3.63) is 33.8 Å². The number of rotatable bonds is 5. The number of nitrogens with one attached hydrogen (secondary N) is 1. The van der Waals surface area contributed by atoms with Crippen molar-refractivity contribution in [2.24, 2.45) is 5.92 Å². The van der Waals surface area contributed by atoms with Crippen LogP contribution in [0.25, 0.3) is 0 Å². The van der Waals surface area contributed by atoms with Gasteiger partial charge in [-0.3, -0.25) is 4.79 Å². The van der Waals surface area contributed by atoms with Gasteiger partial charge in [-0.25, -0.2) is 13.2 Å². The van der Waals surface area contributed by atoms with Gasteiger partial charge in [-0.15, -0.1) is 0 Å². The Morgan fingerprint density at radius 1 is 1.33 bits per heavy atom. The number of sulfone groups is 1. The van der Waals surface area contributed by atoms with Gasteiger partial charge in [-0.2, -0.15) is 0 Å². The Hall–Kier alpha value is -1.55. The van der Waals surface area contributed by atoms with Crippen LogP contribution in [-0.2, 0) is 19.4 Å². The van der Waals surface area contributed by atoms with Gasteiger partial charge >= 0.3 is 6.09 Å². The molecule has 0 aromatic heterocycles. The number of nitrogens with zero attached hydrogens (tertiary/aromatic N) is 1. The molecule has 1 heterocycles. The van der Waals surface area contributed by atoms with Crippen LogP contribution in [0.2, 0.25) is 10.0 Å². The summed E-state index contributed by atoms with van der Waals surface area (Å²) in [5.41, 5.74) is 0.694. The average Bonchev–Trinajstić information content (AvgIpc) is 2.76. The molecule has 0 saturated carbocycles. The number of benzene rings is 1. The molecule has 2 rings (SSSR count). The molecule has 1 saturated heterocycles. The third-order valence-electron chi connectivity index (χ3n) is 4.04. The molecule has 2 atom stereocenters. The van der Waals surface area contributed by atoms with Gasteiger partial charge in [-0.05, 0) is 17.7 Å². The predicted molar refractivity (Wildman–Crippen MR) is 101 cm³/mol. The second-order valence-electron chi connectivity index (χ2n) is 6.33. The van der Waals surface area contributed by atoms with Crippen LogP contribution in [-0.4, -0.2) is 68.7 Å². The van der Waals surface area contributed by atoms with Crippen LogP contribution in [0.3, 0.4) is 0 Å². The van der Waals surface area contributed by atoms with E-state index in [1.165, 1.54) is 4.90 Å². The van der Waals surface area contributed by atoms with Gasteiger partial charge < -0.3 is 20.1 Å². The summed E-state index contributed by atoms with van der Waals surface area (Å²) in [6, 6.07) is 4.97. The van der Waals surface area contributed by atoms with Gasteiger partial charge in [-0.1, -0.05) is 29.3 Å². The highest BCUT2D eigenvalue weighted by atomic mass is 35.5. The molecule has 0 aliphatic carbocycles. The van der Waals surface area contributed by atoms with E-state index in [-0.39, 0.29) is 26.2 Å². The molecule has 2 N–H and O–H groups in total. The fraction of sp³-hybridized carbons (Fsp3) is 0.500. The molecule has 11 heteroatoms. The van der Waals surface area contributed by atoms with Crippen molar-refractivity contribution in [1.29, 1.82) is 0 Å². The molecule has 27 heavy (non-hydrogen) atoms. The highest BCUT2D eigenvalue weighted by Crippen LogP contribution is 2.33. The Morgan fingerprint density at radius 2 is 2.04 bits per heavy atom. The number of carbonyl (C=O) groups is 2. The zero-order chi connectivity index (χ0) is 20.2. The van der Waals surface area contributed by atoms with E-state index < -0.39 is 39.6 Å². The van der Waals surface area contributed by atoms with Crippen LogP contribution in [0.15, 0.2) is 18.2 Å². The monoisotopic (exact) mass is 438 g/mol. The molecular formula is C16H20Cl2N2O6S. The van der Waals surface area contributed by atoms with Crippen molar-refractivity contribution in [1.82, 2.24) is 10.2 Å². The lowest BCUT2D eigenvalue weighted by molar-refractivity contribution is -0.119. The van der Waals surface area contributed by atoms with Crippen molar-refractivity contribution in [3.63, 3.8) is 0 Å². The van der Waals surface area contributed by atoms with Crippen LogP contribution in [0.1, 0.15) is 11.7 Å². The minimum Gasteiger partial charge on any atom is -0.465 e. The van der Waals surface area contributed by atoms with Crippen molar-refractivity contribution in [2.45, 2.75) is 6.10 Å². The Labute approximate surface area is 167 Å². The molecule has 0 bridgehead atoms. The van der Waals surface area contributed by atoms with E-state index in [4.69, 9.17) is 27.9 Å². The highest BCUT2D eigenvalue weighted by Gasteiger charge is 2.32. The minimum atomic E-state index is -3.46. The summed E-state index contributed by atoms with van der Waals surface area (Å²) in [5.74, 6) is -1.73. The molecule has 0 spiro atoms. The molecule has 8 nitrogen and oxygen atoms in total. The van der Waals surface area contributed by atoms with Crippen LogP contribution < -0.4 is 5.32 Å². The molecule has 1 aromatic rings. The molecular weight excluding hydrogens is 419 g/mol. The van der Waals surface area contributed by atoms with Gasteiger partial charge in [0.2, 0.25) is 5.91 Å². The zero-order valence-electron chi connectivity index (χ0n) is 14.5. The standard InChI is InChI=1S/C16H20Cl2N2O6S/c1-27(24,25)9-14(21)19-7-11-8-20(16(22)23)4-5-26-15(11)10-2-3-12(17)13(18)6-10/h2-3,6,11,15H,4-5,7-9H2,1H3,(H,19,21)(H,22,23)/t11-,15+/m1/s1. The first kappa shape index (κ1) is 21.7. The molecule has 0 unspecified atom stereocenters.